The molecule has 0 aliphatic carbocycles. The third-order valence-electron chi connectivity index (χ3n) is 4.22. The number of aliphatic hydroxyl groups is 1. The van der Waals surface area contributed by atoms with Crippen LogP contribution in [0.5, 0.6) is 0 Å². The van der Waals surface area contributed by atoms with Crippen molar-refractivity contribution in [1.82, 2.24) is 0 Å². The monoisotopic (exact) mass is 282 g/mol. The van der Waals surface area contributed by atoms with Crippen LogP contribution in [0.3, 0.4) is 0 Å². The molecule has 1 heteroatoms. The minimum absolute atomic E-state index is 0.323. The second-order valence-electron chi connectivity index (χ2n) is 6.25. The van der Waals surface area contributed by atoms with Gasteiger partial charge in [-0.2, -0.15) is 0 Å². The average molecular weight is 283 g/mol. The third-order valence-corrected chi connectivity index (χ3v) is 4.22. The number of aliphatic hydroxyl groups excluding tert-OH is 1. The minimum atomic E-state index is 0.323. The van der Waals surface area contributed by atoms with Crippen molar-refractivity contribution >= 4 is 0 Å². The highest BCUT2D eigenvalue weighted by molar-refractivity contribution is 4.72. The van der Waals surface area contributed by atoms with Gasteiger partial charge in [0, 0.05) is 6.61 Å². The number of allylic oxidation sites excluding steroid dienone is 1. The lowest BCUT2D eigenvalue weighted by molar-refractivity contribution is 0.216. The second kappa shape index (κ2) is 16.8. The molecule has 0 aliphatic heterocycles. The summed E-state index contributed by atoms with van der Waals surface area (Å²) in [5.74, 6) is 0.454. The van der Waals surface area contributed by atoms with Crippen LogP contribution in [0, 0.1) is 5.92 Å². The molecule has 20 heavy (non-hydrogen) atoms. The molecule has 0 aliphatic rings. The molecule has 0 spiro atoms. The summed E-state index contributed by atoms with van der Waals surface area (Å²) >= 11 is 0. The molecule has 1 nitrogen and oxygen atoms in total. The molecule has 0 amide bonds. The van der Waals surface area contributed by atoms with Gasteiger partial charge in [0.2, 0.25) is 0 Å². The van der Waals surface area contributed by atoms with Gasteiger partial charge < -0.3 is 5.11 Å². The van der Waals surface area contributed by atoms with Gasteiger partial charge in [0.25, 0.3) is 0 Å². The maximum Gasteiger partial charge on any atom is 0.0462 e. The fraction of sp³-hybridized carbons (Fsp3) is 0.895. The Morgan fingerprint density at radius 3 is 1.65 bits per heavy atom. The van der Waals surface area contributed by atoms with Crippen molar-refractivity contribution in [3.63, 3.8) is 0 Å². The Bertz CT molecular complexity index is 188. The lowest BCUT2D eigenvalue weighted by Crippen LogP contribution is -2.04. The summed E-state index contributed by atoms with van der Waals surface area (Å²) in [6.45, 7) is 6.35. The first-order chi connectivity index (χ1) is 9.85. The quantitative estimate of drug-likeness (QED) is 0.261. The van der Waals surface area contributed by atoms with Gasteiger partial charge in [0.1, 0.15) is 0 Å². The Morgan fingerprint density at radius 2 is 1.25 bits per heavy atom. The van der Waals surface area contributed by atoms with E-state index < -0.39 is 0 Å². The van der Waals surface area contributed by atoms with Crippen LogP contribution in [0.15, 0.2) is 12.7 Å². The van der Waals surface area contributed by atoms with Crippen LogP contribution in [-0.2, 0) is 0 Å². The zero-order chi connectivity index (χ0) is 14.9. The van der Waals surface area contributed by atoms with E-state index in [1.165, 1.54) is 83.5 Å². The summed E-state index contributed by atoms with van der Waals surface area (Å²) in [6.07, 6.45) is 20.8. The largest absolute Gasteiger partial charge is 0.396 e. The van der Waals surface area contributed by atoms with Crippen molar-refractivity contribution < 1.29 is 5.11 Å². The fourth-order valence-electron chi connectivity index (χ4n) is 2.79. The lowest BCUT2D eigenvalue weighted by Gasteiger charge is -2.11. The number of unbranched alkanes of at least 4 members (excludes halogenated alkanes) is 11. The van der Waals surface area contributed by atoms with E-state index >= 15 is 0 Å². The molecule has 0 saturated carbocycles. The Balaban J connectivity index is 3.11. The van der Waals surface area contributed by atoms with E-state index in [0.29, 0.717) is 12.5 Å². The van der Waals surface area contributed by atoms with E-state index in [1.807, 2.05) is 6.08 Å². The normalized spacial score (nSPS) is 12.5. The van der Waals surface area contributed by atoms with Crippen LogP contribution in [0.25, 0.3) is 0 Å². The Hall–Kier alpha value is -0.300. The summed E-state index contributed by atoms with van der Waals surface area (Å²) in [4.78, 5) is 0. The van der Waals surface area contributed by atoms with Crippen LogP contribution in [0.1, 0.15) is 96.8 Å². The highest BCUT2D eigenvalue weighted by Crippen LogP contribution is 2.16. The topological polar surface area (TPSA) is 20.2 Å². The standard InChI is InChI=1S/C19H38O/c1-3-5-6-7-8-9-10-11-12-13-14-15-17-19(18-20)16-4-2/h4,19-20H,2-3,5-18H2,1H3/t19-/m1/s1. The molecule has 0 heterocycles. The van der Waals surface area contributed by atoms with E-state index in [4.69, 9.17) is 0 Å². The molecular weight excluding hydrogens is 244 g/mol. The summed E-state index contributed by atoms with van der Waals surface area (Å²) in [6, 6.07) is 0. The van der Waals surface area contributed by atoms with E-state index in [9.17, 15) is 5.11 Å². The molecule has 120 valence electrons. The molecule has 0 rings (SSSR count). The molecule has 1 N–H and O–H groups in total. The maximum atomic E-state index is 9.19. The van der Waals surface area contributed by atoms with Gasteiger partial charge in [-0.05, 0) is 18.8 Å². The van der Waals surface area contributed by atoms with Gasteiger partial charge in [0.15, 0.2) is 0 Å². The van der Waals surface area contributed by atoms with Crippen molar-refractivity contribution in [2.75, 3.05) is 6.61 Å². The molecule has 0 aromatic carbocycles. The molecule has 0 fully saturated rings. The number of hydrogen-bond donors (Lipinski definition) is 1. The highest BCUT2D eigenvalue weighted by Gasteiger charge is 2.04. The first kappa shape index (κ1) is 19.7. The minimum Gasteiger partial charge on any atom is -0.396 e. The van der Waals surface area contributed by atoms with Crippen LogP contribution in [-0.4, -0.2) is 11.7 Å². The van der Waals surface area contributed by atoms with Gasteiger partial charge in [-0.25, -0.2) is 0 Å². The highest BCUT2D eigenvalue weighted by atomic mass is 16.3. The van der Waals surface area contributed by atoms with Gasteiger partial charge in [0.05, 0.1) is 0 Å². The van der Waals surface area contributed by atoms with Crippen LogP contribution in [0.2, 0.25) is 0 Å². The van der Waals surface area contributed by atoms with Crippen molar-refractivity contribution in [2.45, 2.75) is 96.8 Å². The maximum absolute atomic E-state index is 9.19. The van der Waals surface area contributed by atoms with Crippen molar-refractivity contribution in [1.29, 1.82) is 0 Å². The predicted octanol–water partition coefficient (Wildman–Crippen LogP) is 6.26. The Kier molecular flexibility index (Phi) is 16.5. The molecule has 0 radical (unpaired) electrons. The Labute approximate surface area is 127 Å². The van der Waals surface area contributed by atoms with E-state index in [0.717, 1.165) is 6.42 Å². The number of rotatable bonds is 16. The molecule has 0 aromatic heterocycles. The smallest absolute Gasteiger partial charge is 0.0462 e. The van der Waals surface area contributed by atoms with Crippen molar-refractivity contribution in [3.8, 4) is 0 Å². The summed E-state index contributed by atoms with van der Waals surface area (Å²) in [5.41, 5.74) is 0. The zero-order valence-corrected chi connectivity index (χ0v) is 13.9. The first-order valence-corrected chi connectivity index (χ1v) is 9.06. The van der Waals surface area contributed by atoms with Crippen molar-refractivity contribution in [3.05, 3.63) is 12.7 Å². The molecule has 0 saturated heterocycles. The van der Waals surface area contributed by atoms with Gasteiger partial charge in [-0.15, -0.1) is 6.58 Å². The Morgan fingerprint density at radius 1 is 0.800 bits per heavy atom. The van der Waals surface area contributed by atoms with Crippen LogP contribution >= 0.6 is 0 Å². The lowest BCUT2D eigenvalue weighted by atomic mass is 9.98. The van der Waals surface area contributed by atoms with Crippen LogP contribution in [0.4, 0.5) is 0 Å². The van der Waals surface area contributed by atoms with Gasteiger partial charge >= 0.3 is 0 Å². The van der Waals surface area contributed by atoms with Gasteiger partial charge in [-0.3, -0.25) is 0 Å². The molecule has 0 bridgehead atoms. The van der Waals surface area contributed by atoms with E-state index in [1.54, 1.807) is 0 Å². The van der Waals surface area contributed by atoms with E-state index in [2.05, 4.69) is 13.5 Å². The SMILES string of the molecule is C=CC[C@@H](CO)CCCCCCCCCCCCCC. The van der Waals surface area contributed by atoms with Gasteiger partial charge in [-0.1, -0.05) is 90.0 Å². The molecule has 1 atom stereocenters. The first-order valence-electron chi connectivity index (χ1n) is 9.06. The number of hydrogen-bond acceptors (Lipinski definition) is 1. The summed E-state index contributed by atoms with van der Waals surface area (Å²) < 4.78 is 0. The summed E-state index contributed by atoms with van der Waals surface area (Å²) in [7, 11) is 0. The summed E-state index contributed by atoms with van der Waals surface area (Å²) in [5, 5.41) is 9.19. The fourth-order valence-corrected chi connectivity index (χ4v) is 2.79. The second-order valence-corrected chi connectivity index (χ2v) is 6.25. The zero-order valence-electron chi connectivity index (χ0n) is 13.9. The molecular formula is C19H38O. The van der Waals surface area contributed by atoms with Crippen molar-refractivity contribution in [2.24, 2.45) is 5.92 Å². The third kappa shape index (κ3) is 14.1. The molecule has 0 aromatic rings. The predicted molar refractivity (Wildman–Crippen MR) is 91.1 cm³/mol. The molecule has 0 unspecified atom stereocenters. The van der Waals surface area contributed by atoms with E-state index in [-0.39, 0.29) is 0 Å². The van der Waals surface area contributed by atoms with Crippen LogP contribution < -0.4 is 0 Å². The average Bonchev–Trinajstić information content (AvgIpc) is 2.47.